The first-order valence-electron chi connectivity index (χ1n) is 5.06. The van der Waals surface area contributed by atoms with E-state index in [-0.39, 0.29) is 11.6 Å². The minimum atomic E-state index is -2.23. The number of carboxylic acids is 1. The Hall–Kier alpha value is -1.86. The summed E-state index contributed by atoms with van der Waals surface area (Å²) < 4.78 is 26.3. The van der Waals surface area contributed by atoms with Crippen molar-refractivity contribution in [1.82, 2.24) is 0 Å². The Labute approximate surface area is 105 Å². The Balaban J connectivity index is 2.54. The number of carbonyl (C=O) groups is 1. The van der Waals surface area contributed by atoms with Crippen molar-refractivity contribution in [3.05, 3.63) is 29.5 Å². The van der Waals surface area contributed by atoms with Gasteiger partial charge in [0.25, 0.3) is 0 Å². The largest absolute Gasteiger partial charge is 0.771 e. The van der Waals surface area contributed by atoms with E-state index in [0.29, 0.717) is 22.2 Å². The lowest BCUT2D eigenvalue weighted by Gasteiger charge is -2.09. The highest BCUT2D eigenvalue weighted by Gasteiger charge is 2.18. The van der Waals surface area contributed by atoms with E-state index in [4.69, 9.17) is 9.52 Å². The second-order valence-electron chi connectivity index (χ2n) is 3.66. The number of carboxylic acid groups (broad SMARTS) is 1. The van der Waals surface area contributed by atoms with Crippen LogP contribution in [0.3, 0.4) is 0 Å². The number of furan rings is 1. The minimum Gasteiger partial charge on any atom is -0.771 e. The summed E-state index contributed by atoms with van der Waals surface area (Å²) in [4.78, 5) is 11.0. The number of aromatic carboxylic acids is 1. The van der Waals surface area contributed by atoms with Gasteiger partial charge in [-0.3, -0.25) is 4.21 Å². The molecule has 6 nitrogen and oxygen atoms in total. The monoisotopic (exact) mass is 268 g/mol. The molecular formula is C11H10NO5S-. The maximum Gasteiger partial charge on any atom is 0.372 e. The molecule has 0 saturated carbocycles. The van der Waals surface area contributed by atoms with Gasteiger partial charge < -0.3 is 19.4 Å². The molecule has 0 spiro atoms. The number of fused-ring (bicyclic) bond motifs is 1. The molecule has 1 heterocycles. The molecule has 1 aromatic carbocycles. The van der Waals surface area contributed by atoms with Crippen molar-refractivity contribution in [3.63, 3.8) is 0 Å². The summed E-state index contributed by atoms with van der Waals surface area (Å²) in [7, 11) is 0. The lowest BCUT2D eigenvalue weighted by Crippen LogP contribution is -2.07. The molecule has 2 N–H and O–H groups in total. The van der Waals surface area contributed by atoms with E-state index in [1.54, 1.807) is 25.1 Å². The van der Waals surface area contributed by atoms with Gasteiger partial charge in [0.05, 0.1) is 5.88 Å². The van der Waals surface area contributed by atoms with Gasteiger partial charge >= 0.3 is 5.97 Å². The number of anilines is 1. The van der Waals surface area contributed by atoms with Crippen molar-refractivity contribution in [3.8, 4) is 0 Å². The van der Waals surface area contributed by atoms with Gasteiger partial charge in [-0.25, -0.2) is 4.79 Å². The van der Waals surface area contributed by atoms with Crippen LogP contribution in [0.25, 0.3) is 11.0 Å². The zero-order valence-electron chi connectivity index (χ0n) is 9.43. The second kappa shape index (κ2) is 4.79. The van der Waals surface area contributed by atoms with Crippen molar-refractivity contribution in [1.29, 1.82) is 0 Å². The number of hydrogen-bond acceptors (Lipinski definition) is 5. The maximum absolute atomic E-state index is 11.0. The molecule has 0 aliphatic carbocycles. The minimum absolute atomic E-state index is 0.137. The number of nitrogens with one attached hydrogen (secondary N) is 1. The van der Waals surface area contributed by atoms with Crippen LogP contribution in [0.15, 0.2) is 22.6 Å². The van der Waals surface area contributed by atoms with Gasteiger partial charge in [-0.1, -0.05) is 6.07 Å². The van der Waals surface area contributed by atoms with Crippen LogP contribution < -0.4 is 5.32 Å². The Morgan fingerprint density at radius 3 is 2.89 bits per heavy atom. The number of hydrogen-bond donors (Lipinski definition) is 2. The van der Waals surface area contributed by atoms with Gasteiger partial charge in [0.15, 0.2) is 0 Å². The molecule has 1 unspecified atom stereocenters. The molecule has 0 amide bonds. The third-order valence-electron chi connectivity index (χ3n) is 2.53. The Bertz CT molecular complexity index is 634. The van der Waals surface area contributed by atoms with Crippen LogP contribution in [0, 0.1) is 6.92 Å². The second-order valence-corrected chi connectivity index (χ2v) is 4.56. The number of aryl methyl sites for hydroxylation is 1. The quantitative estimate of drug-likeness (QED) is 0.818. The van der Waals surface area contributed by atoms with Crippen LogP contribution in [0.4, 0.5) is 5.69 Å². The first-order chi connectivity index (χ1) is 8.50. The van der Waals surface area contributed by atoms with Gasteiger partial charge in [0.1, 0.15) is 5.58 Å². The highest BCUT2D eigenvalue weighted by Crippen LogP contribution is 2.31. The summed E-state index contributed by atoms with van der Waals surface area (Å²) in [6.07, 6.45) is 0. The maximum atomic E-state index is 11.0. The van der Waals surface area contributed by atoms with E-state index in [1.165, 1.54) is 0 Å². The first-order valence-corrected chi connectivity index (χ1v) is 6.30. The van der Waals surface area contributed by atoms with E-state index in [9.17, 15) is 13.6 Å². The van der Waals surface area contributed by atoms with Gasteiger partial charge in [-0.05, 0) is 30.1 Å². The molecule has 96 valence electrons. The highest BCUT2D eigenvalue weighted by molar-refractivity contribution is 7.79. The average Bonchev–Trinajstić information content (AvgIpc) is 2.65. The molecule has 7 heteroatoms. The van der Waals surface area contributed by atoms with E-state index in [0.717, 1.165) is 0 Å². The Morgan fingerprint density at radius 1 is 1.56 bits per heavy atom. The zero-order valence-corrected chi connectivity index (χ0v) is 10.2. The summed E-state index contributed by atoms with van der Waals surface area (Å²) in [6, 6.07) is 4.96. The van der Waals surface area contributed by atoms with Crippen LogP contribution >= 0.6 is 0 Å². The lowest BCUT2D eigenvalue weighted by atomic mass is 10.1. The number of benzene rings is 1. The van der Waals surface area contributed by atoms with Gasteiger partial charge in [0, 0.05) is 16.6 Å². The molecular weight excluding hydrogens is 258 g/mol. The molecule has 0 saturated heterocycles. The normalized spacial score (nSPS) is 12.6. The van der Waals surface area contributed by atoms with Crippen LogP contribution in [-0.4, -0.2) is 25.7 Å². The third-order valence-corrected chi connectivity index (χ3v) is 2.91. The molecule has 0 bridgehead atoms. The third kappa shape index (κ3) is 2.22. The summed E-state index contributed by atoms with van der Waals surface area (Å²) in [5, 5.41) is 12.3. The van der Waals surface area contributed by atoms with Crippen molar-refractivity contribution in [2.45, 2.75) is 6.92 Å². The predicted octanol–water partition coefficient (Wildman–Crippen LogP) is 1.69. The smallest absolute Gasteiger partial charge is 0.372 e. The first kappa shape index (κ1) is 12.6. The molecule has 0 aliphatic rings. The topological polar surface area (TPSA) is 103 Å². The molecule has 18 heavy (non-hydrogen) atoms. The van der Waals surface area contributed by atoms with Crippen LogP contribution in [0.1, 0.15) is 16.1 Å². The van der Waals surface area contributed by atoms with Crippen molar-refractivity contribution in [2.75, 3.05) is 11.2 Å². The average molecular weight is 268 g/mol. The zero-order chi connectivity index (χ0) is 13.3. The fraction of sp³-hybridized carbons (Fsp3) is 0.182. The van der Waals surface area contributed by atoms with Crippen molar-refractivity contribution >= 4 is 33.7 Å². The summed E-state index contributed by atoms with van der Waals surface area (Å²) in [5.74, 6) is -1.53. The fourth-order valence-corrected chi connectivity index (χ4v) is 2.06. The van der Waals surface area contributed by atoms with Crippen LogP contribution in [0.2, 0.25) is 0 Å². The van der Waals surface area contributed by atoms with E-state index >= 15 is 0 Å². The van der Waals surface area contributed by atoms with Gasteiger partial charge in [-0.2, -0.15) is 0 Å². The van der Waals surface area contributed by atoms with E-state index in [2.05, 4.69) is 5.32 Å². The van der Waals surface area contributed by atoms with Crippen LogP contribution in [0.5, 0.6) is 0 Å². The molecule has 1 atom stereocenters. The summed E-state index contributed by atoms with van der Waals surface area (Å²) >= 11 is -2.23. The molecule has 1 aromatic heterocycles. The molecule has 0 radical (unpaired) electrons. The van der Waals surface area contributed by atoms with E-state index in [1.807, 2.05) is 0 Å². The lowest BCUT2D eigenvalue weighted by molar-refractivity contribution is 0.0664. The van der Waals surface area contributed by atoms with Crippen molar-refractivity contribution < 1.29 is 23.1 Å². The van der Waals surface area contributed by atoms with Gasteiger partial charge in [-0.15, -0.1) is 0 Å². The Morgan fingerprint density at radius 2 is 2.28 bits per heavy atom. The summed E-state index contributed by atoms with van der Waals surface area (Å²) in [5.41, 5.74) is 1.41. The van der Waals surface area contributed by atoms with Gasteiger partial charge in [0.2, 0.25) is 5.76 Å². The SMILES string of the molecule is Cc1c(C(=O)O)oc2cccc(NCS(=O)[O-])c12. The number of rotatable bonds is 4. The molecule has 0 fully saturated rings. The Kier molecular flexibility index (Phi) is 3.35. The standard InChI is InChI=1S/C11H11NO5S/c1-6-9-7(12-5-18(15)16)3-2-4-8(9)17-10(6)11(13)14/h2-4,12H,5H2,1H3,(H,13,14)(H,15,16)/p-1. The van der Waals surface area contributed by atoms with Crippen LogP contribution in [-0.2, 0) is 11.1 Å². The van der Waals surface area contributed by atoms with Crippen molar-refractivity contribution in [2.24, 2.45) is 0 Å². The summed E-state index contributed by atoms with van der Waals surface area (Å²) in [6.45, 7) is 1.62. The molecule has 2 aromatic rings. The molecule has 0 aliphatic heterocycles. The molecule has 2 rings (SSSR count). The highest BCUT2D eigenvalue weighted by atomic mass is 32.2. The van der Waals surface area contributed by atoms with E-state index < -0.39 is 17.0 Å². The fourth-order valence-electron chi connectivity index (χ4n) is 1.79. The predicted molar refractivity (Wildman–Crippen MR) is 65.3 cm³/mol.